The predicted molar refractivity (Wildman–Crippen MR) is 224 cm³/mol. The number of hydrogen-bond donors (Lipinski definition) is 2. The minimum Gasteiger partial charge on any atom is -0.477 e. The van der Waals surface area contributed by atoms with Crippen molar-refractivity contribution < 1.29 is 60.4 Å². The molecule has 4 unspecified atom stereocenters. The van der Waals surface area contributed by atoms with Crippen molar-refractivity contribution >= 4 is 69.9 Å². The average molecular weight is 990 g/mol. The van der Waals surface area contributed by atoms with Crippen LogP contribution in [0.5, 0.6) is 23.0 Å². The summed E-state index contributed by atoms with van der Waals surface area (Å²) in [5.41, 5.74) is -9.18. The van der Waals surface area contributed by atoms with E-state index in [1.54, 1.807) is 0 Å². The monoisotopic (exact) mass is 987 g/mol. The molecule has 3 aromatic carbocycles. The van der Waals surface area contributed by atoms with Crippen LogP contribution in [0.25, 0.3) is 0 Å². The van der Waals surface area contributed by atoms with E-state index >= 15 is 13.2 Å². The highest BCUT2D eigenvalue weighted by Gasteiger charge is 2.64. The van der Waals surface area contributed by atoms with Gasteiger partial charge in [-0.15, -0.1) is 0 Å². The number of benzene rings is 3. The van der Waals surface area contributed by atoms with Crippen molar-refractivity contribution in [3.63, 3.8) is 0 Å². The summed E-state index contributed by atoms with van der Waals surface area (Å²) in [5, 5.41) is 18.7. The van der Waals surface area contributed by atoms with Crippen LogP contribution in [-0.2, 0) is 15.9 Å². The lowest BCUT2D eigenvalue weighted by Crippen LogP contribution is -2.50. The number of aromatic carboxylic acids is 1. The van der Waals surface area contributed by atoms with Crippen LogP contribution in [-0.4, -0.2) is 49.5 Å². The molecule has 0 aliphatic heterocycles. The Morgan fingerprint density at radius 1 is 0.594 bits per heavy atom. The number of esters is 1. The summed E-state index contributed by atoms with van der Waals surface area (Å²) in [7, 11) is 0. The van der Waals surface area contributed by atoms with Gasteiger partial charge in [0.1, 0.15) is 39.0 Å². The molecule has 4 atom stereocenters. The van der Waals surface area contributed by atoms with Crippen molar-refractivity contribution in [3.05, 3.63) is 168 Å². The molecular formula is C43H28Cl5F6N3O7. The molecule has 0 aliphatic rings. The van der Waals surface area contributed by atoms with E-state index in [1.165, 1.54) is 48.5 Å². The van der Waals surface area contributed by atoms with Gasteiger partial charge in [-0.1, -0.05) is 84.0 Å². The number of rotatable bonds is 13. The first-order chi connectivity index (χ1) is 30.0. The number of carbonyl (C=O) groups is 2. The summed E-state index contributed by atoms with van der Waals surface area (Å²) in [6, 6.07) is 16.8. The first-order valence-electron chi connectivity index (χ1n) is 18.2. The van der Waals surface area contributed by atoms with Gasteiger partial charge in [0, 0.05) is 45.9 Å². The minimum absolute atomic E-state index is 0.0321. The number of carbonyl (C=O) groups excluding carboxylic acids is 1. The summed E-state index contributed by atoms with van der Waals surface area (Å²) in [4.78, 5) is 36.2. The molecule has 0 radical (unpaired) electrons. The van der Waals surface area contributed by atoms with E-state index in [9.17, 15) is 27.9 Å². The second kappa shape index (κ2) is 18.6. The summed E-state index contributed by atoms with van der Waals surface area (Å²) in [5.74, 6) is -6.24. The number of halogens is 11. The van der Waals surface area contributed by atoms with Gasteiger partial charge in [-0.25, -0.2) is 24.5 Å². The standard InChI is InChI=1S/C43H28Cl5F6N3O7/c1-21(40(61,42(49,50)51)23-11-13-55-36(47)15-23)29-7-3-25(17-32(29)44)62-26-5-9-31(34(46)19-26)39(60)64-41(43(52,53)54,24-12-14-56-37(48)16-24)22(2)30-8-4-27(18-33(30)45)63-28-6-10-35(38(58)59)57-20-28/h3-22,61H,1-2H3,(H,58,59). The zero-order valence-electron chi connectivity index (χ0n) is 32.5. The highest BCUT2D eigenvalue weighted by molar-refractivity contribution is 6.34. The summed E-state index contributed by atoms with van der Waals surface area (Å²) in [6.45, 7) is 2.24. The SMILES string of the molecule is CC(c1ccc(Oc2ccc(C(=O)OC(c3ccnc(Cl)c3)(C(C)c3ccc(Oc4ccc(C(=O)O)nc4)cc3Cl)C(F)(F)F)c(Cl)c2)cc1Cl)C(O)(c1ccnc(Cl)c1)C(F)(F)F. The van der Waals surface area contributed by atoms with Crippen LogP contribution in [0.3, 0.4) is 0 Å². The molecule has 0 spiro atoms. The Morgan fingerprint density at radius 3 is 1.55 bits per heavy atom. The molecule has 2 N–H and O–H groups in total. The van der Waals surface area contributed by atoms with E-state index < -0.39 is 69.0 Å². The van der Waals surface area contributed by atoms with Gasteiger partial charge in [0.05, 0.1) is 16.8 Å². The summed E-state index contributed by atoms with van der Waals surface area (Å²) >= 11 is 31.4. The van der Waals surface area contributed by atoms with Gasteiger partial charge in [-0.3, -0.25) is 0 Å². The van der Waals surface area contributed by atoms with Crippen LogP contribution in [0.4, 0.5) is 26.3 Å². The third-order valence-electron chi connectivity index (χ3n) is 10.1. The van der Waals surface area contributed by atoms with Crippen molar-refractivity contribution in [1.29, 1.82) is 0 Å². The number of ether oxygens (including phenoxy) is 3. The van der Waals surface area contributed by atoms with Crippen molar-refractivity contribution in [2.24, 2.45) is 0 Å². The minimum atomic E-state index is -5.36. The van der Waals surface area contributed by atoms with E-state index in [0.717, 1.165) is 74.9 Å². The summed E-state index contributed by atoms with van der Waals surface area (Å²) < 4.78 is 108. The van der Waals surface area contributed by atoms with Gasteiger partial charge >= 0.3 is 24.3 Å². The van der Waals surface area contributed by atoms with Gasteiger partial charge in [0.25, 0.3) is 0 Å². The first kappa shape index (κ1) is 48.1. The molecular weight excluding hydrogens is 962 g/mol. The lowest BCUT2D eigenvalue weighted by Gasteiger charge is -2.40. The fourth-order valence-electron chi connectivity index (χ4n) is 6.85. The number of carboxylic acid groups (broad SMARTS) is 1. The zero-order chi connectivity index (χ0) is 46.9. The Hall–Kier alpha value is -5.36. The molecule has 64 heavy (non-hydrogen) atoms. The molecule has 334 valence electrons. The second-order valence-electron chi connectivity index (χ2n) is 14.0. The highest BCUT2D eigenvalue weighted by atomic mass is 35.5. The molecule has 3 heterocycles. The van der Waals surface area contributed by atoms with E-state index in [-0.39, 0.29) is 60.2 Å². The van der Waals surface area contributed by atoms with Crippen molar-refractivity contribution in [3.8, 4) is 23.0 Å². The molecule has 6 aromatic rings. The third kappa shape index (κ3) is 9.67. The average Bonchev–Trinajstić information content (AvgIpc) is 3.21. The maximum Gasteiger partial charge on any atom is 0.433 e. The molecule has 0 amide bonds. The predicted octanol–water partition coefficient (Wildman–Crippen LogP) is 13.4. The van der Waals surface area contributed by atoms with Crippen LogP contribution >= 0.6 is 58.0 Å². The lowest BCUT2D eigenvalue weighted by atomic mass is 9.77. The maximum atomic E-state index is 15.7. The Bertz CT molecular complexity index is 2730. The zero-order valence-corrected chi connectivity index (χ0v) is 36.3. The van der Waals surface area contributed by atoms with E-state index in [1.807, 2.05) is 0 Å². The Kier molecular flexibility index (Phi) is 14.0. The molecule has 0 bridgehead atoms. The first-order valence-corrected chi connectivity index (χ1v) is 20.1. The van der Waals surface area contributed by atoms with Crippen LogP contribution in [0.2, 0.25) is 25.4 Å². The van der Waals surface area contributed by atoms with Crippen LogP contribution in [0.15, 0.2) is 110 Å². The summed E-state index contributed by atoms with van der Waals surface area (Å²) in [6.07, 6.45) is -7.41. The number of aliphatic hydroxyl groups is 1. The number of hydrogen-bond acceptors (Lipinski definition) is 9. The van der Waals surface area contributed by atoms with Crippen LogP contribution < -0.4 is 9.47 Å². The lowest BCUT2D eigenvalue weighted by molar-refractivity contribution is -0.274. The molecule has 10 nitrogen and oxygen atoms in total. The molecule has 6 rings (SSSR count). The van der Waals surface area contributed by atoms with Crippen molar-refractivity contribution in [2.75, 3.05) is 0 Å². The Morgan fingerprint density at radius 2 is 1.08 bits per heavy atom. The number of alkyl halides is 6. The fraction of sp³-hybridized carbons (Fsp3) is 0.186. The third-order valence-corrected chi connectivity index (χ3v) is 11.5. The van der Waals surface area contributed by atoms with E-state index in [0.29, 0.717) is 0 Å². The topological polar surface area (TPSA) is 141 Å². The molecule has 0 fully saturated rings. The van der Waals surface area contributed by atoms with Gasteiger partial charge in [0.15, 0.2) is 5.60 Å². The van der Waals surface area contributed by atoms with E-state index in [4.69, 9.17) is 77.3 Å². The number of nitrogens with zero attached hydrogens (tertiary/aromatic N) is 3. The van der Waals surface area contributed by atoms with Crippen molar-refractivity contribution in [2.45, 2.75) is 49.2 Å². The Balaban J connectivity index is 1.28. The highest BCUT2D eigenvalue weighted by Crippen LogP contribution is 2.54. The van der Waals surface area contributed by atoms with Gasteiger partial charge in [-0.2, -0.15) is 26.3 Å². The van der Waals surface area contributed by atoms with Gasteiger partial charge < -0.3 is 24.4 Å². The molecule has 21 heteroatoms. The Labute approximate surface area is 384 Å². The van der Waals surface area contributed by atoms with Crippen LogP contribution in [0.1, 0.15) is 68.8 Å². The second-order valence-corrected chi connectivity index (χ2v) is 16.0. The molecule has 0 saturated carbocycles. The number of carboxylic acids is 1. The van der Waals surface area contributed by atoms with Gasteiger partial charge in [-0.05, 0) is 89.5 Å². The number of aromatic nitrogens is 3. The smallest absolute Gasteiger partial charge is 0.433 e. The number of pyridine rings is 3. The molecule has 0 saturated heterocycles. The maximum absolute atomic E-state index is 15.7. The quantitative estimate of drug-likeness (QED) is 0.0653. The van der Waals surface area contributed by atoms with Crippen LogP contribution in [0, 0.1) is 0 Å². The largest absolute Gasteiger partial charge is 0.477 e. The normalized spacial score (nSPS) is 14.7. The van der Waals surface area contributed by atoms with Gasteiger partial charge in [0.2, 0.25) is 5.60 Å². The fourth-order valence-corrected chi connectivity index (χ4v) is 8.11. The molecule has 0 aliphatic carbocycles. The van der Waals surface area contributed by atoms with Crippen molar-refractivity contribution in [1.82, 2.24) is 15.0 Å². The molecule has 3 aromatic heterocycles. The van der Waals surface area contributed by atoms with E-state index in [2.05, 4.69) is 15.0 Å².